The molecule has 98 valence electrons. The maximum atomic E-state index is 13.1. The van der Waals surface area contributed by atoms with Gasteiger partial charge in [0.05, 0.1) is 0 Å². The molecular weight excluding hydrogens is 257 g/mol. The molecule has 0 saturated heterocycles. The highest BCUT2D eigenvalue weighted by Gasteiger charge is 2.01. The fourth-order valence-corrected chi connectivity index (χ4v) is 2.50. The Kier molecular flexibility index (Phi) is 5.04. The monoisotopic (exact) mass is 273 g/mol. The summed E-state index contributed by atoms with van der Waals surface area (Å²) in [7, 11) is 0. The second-order valence-electron chi connectivity index (χ2n) is 4.08. The second kappa shape index (κ2) is 7.00. The van der Waals surface area contributed by atoms with Crippen molar-refractivity contribution in [3.05, 3.63) is 72.6 Å². The number of rotatable bonds is 6. The van der Waals surface area contributed by atoms with Gasteiger partial charge in [0.25, 0.3) is 0 Å². The van der Waals surface area contributed by atoms with E-state index in [0.29, 0.717) is 6.54 Å². The van der Waals surface area contributed by atoms with E-state index in [0.717, 1.165) is 17.0 Å². The number of halogens is 1. The van der Waals surface area contributed by atoms with Gasteiger partial charge >= 0.3 is 0 Å². The van der Waals surface area contributed by atoms with Gasteiger partial charge in [-0.2, -0.15) is 0 Å². The van der Waals surface area contributed by atoms with Crippen LogP contribution in [0, 0.1) is 5.82 Å². The Morgan fingerprint density at radius 3 is 2.79 bits per heavy atom. The van der Waals surface area contributed by atoms with E-state index in [1.807, 2.05) is 30.3 Å². The van der Waals surface area contributed by atoms with Gasteiger partial charge in [-0.25, -0.2) is 4.39 Å². The van der Waals surface area contributed by atoms with Gasteiger partial charge < -0.3 is 5.32 Å². The standard InChI is InChI=1S/C16H16FNS/c1-2-10-19-16-9-4-3-8-15(16)18-12-13-6-5-7-14(17)11-13/h2-9,11,18H,1,10,12H2. The van der Waals surface area contributed by atoms with Crippen LogP contribution in [0.15, 0.2) is 66.1 Å². The normalized spacial score (nSPS) is 10.2. The minimum Gasteiger partial charge on any atom is -0.380 e. The van der Waals surface area contributed by atoms with Crippen molar-refractivity contribution in [1.29, 1.82) is 0 Å². The van der Waals surface area contributed by atoms with Crippen LogP contribution in [0.25, 0.3) is 0 Å². The van der Waals surface area contributed by atoms with E-state index in [1.165, 1.54) is 11.0 Å². The first-order valence-corrected chi connectivity index (χ1v) is 7.09. The average molecular weight is 273 g/mol. The Morgan fingerprint density at radius 1 is 1.16 bits per heavy atom. The highest BCUT2D eigenvalue weighted by molar-refractivity contribution is 7.99. The summed E-state index contributed by atoms with van der Waals surface area (Å²) in [6.45, 7) is 4.34. The van der Waals surface area contributed by atoms with Gasteiger partial charge in [0.15, 0.2) is 0 Å². The number of thioether (sulfide) groups is 1. The Labute approximate surface area is 117 Å². The molecule has 2 aromatic rings. The van der Waals surface area contributed by atoms with E-state index < -0.39 is 0 Å². The highest BCUT2D eigenvalue weighted by Crippen LogP contribution is 2.27. The quantitative estimate of drug-likeness (QED) is 0.604. The van der Waals surface area contributed by atoms with Crippen LogP contribution in [0.2, 0.25) is 0 Å². The van der Waals surface area contributed by atoms with Crippen LogP contribution >= 0.6 is 11.8 Å². The highest BCUT2D eigenvalue weighted by atomic mass is 32.2. The van der Waals surface area contributed by atoms with Crippen molar-refractivity contribution in [2.45, 2.75) is 11.4 Å². The maximum absolute atomic E-state index is 13.1. The summed E-state index contributed by atoms with van der Waals surface area (Å²) in [5, 5.41) is 3.34. The predicted molar refractivity (Wildman–Crippen MR) is 81.1 cm³/mol. The molecule has 0 bridgehead atoms. The van der Waals surface area contributed by atoms with Gasteiger partial charge in [0.1, 0.15) is 5.82 Å². The number of nitrogens with one attached hydrogen (secondary N) is 1. The van der Waals surface area contributed by atoms with Gasteiger partial charge in [0.2, 0.25) is 0 Å². The van der Waals surface area contributed by atoms with Gasteiger partial charge in [-0.15, -0.1) is 18.3 Å². The van der Waals surface area contributed by atoms with Gasteiger partial charge in [-0.05, 0) is 29.8 Å². The molecule has 2 aromatic carbocycles. The minimum atomic E-state index is -0.200. The average Bonchev–Trinajstić information content (AvgIpc) is 2.44. The number of hydrogen-bond donors (Lipinski definition) is 1. The third kappa shape index (κ3) is 4.14. The number of anilines is 1. The number of para-hydroxylation sites is 1. The molecule has 0 fully saturated rings. The summed E-state index contributed by atoms with van der Waals surface area (Å²) in [5.41, 5.74) is 2.00. The first-order chi connectivity index (χ1) is 9.29. The topological polar surface area (TPSA) is 12.0 Å². The van der Waals surface area contributed by atoms with Crippen LogP contribution in [0.3, 0.4) is 0 Å². The summed E-state index contributed by atoms with van der Waals surface area (Å²) in [6.07, 6.45) is 1.88. The maximum Gasteiger partial charge on any atom is 0.123 e. The van der Waals surface area contributed by atoms with Gasteiger partial charge in [-0.1, -0.05) is 30.3 Å². The van der Waals surface area contributed by atoms with Crippen LogP contribution in [0.5, 0.6) is 0 Å². The zero-order chi connectivity index (χ0) is 13.5. The molecule has 0 atom stereocenters. The first kappa shape index (κ1) is 13.7. The predicted octanol–water partition coefficient (Wildman–Crippen LogP) is 4.72. The van der Waals surface area contributed by atoms with E-state index in [1.54, 1.807) is 23.9 Å². The molecule has 0 aliphatic rings. The van der Waals surface area contributed by atoms with E-state index in [9.17, 15) is 4.39 Å². The lowest BCUT2D eigenvalue weighted by Crippen LogP contribution is -2.00. The summed E-state index contributed by atoms with van der Waals surface area (Å²) < 4.78 is 13.1. The van der Waals surface area contributed by atoms with Crippen LogP contribution in [0.4, 0.5) is 10.1 Å². The lowest BCUT2D eigenvalue weighted by molar-refractivity contribution is 0.626. The molecule has 0 radical (unpaired) electrons. The fraction of sp³-hybridized carbons (Fsp3) is 0.125. The molecule has 1 nitrogen and oxygen atoms in total. The van der Waals surface area contributed by atoms with Crippen LogP contribution in [0.1, 0.15) is 5.56 Å². The molecule has 0 amide bonds. The van der Waals surface area contributed by atoms with Gasteiger partial charge in [0, 0.05) is 22.9 Å². The molecule has 0 spiro atoms. The Morgan fingerprint density at radius 2 is 2.00 bits per heavy atom. The largest absolute Gasteiger partial charge is 0.380 e. The molecule has 0 aliphatic heterocycles. The van der Waals surface area contributed by atoms with Crippen LogP contribution in [-0.4, -0.2) is 5.75 Å². The lowest BCUT2D eigenvalue weighted by atomic mass is 10.2. The molecule has 3 heteroatoms. The third-order valence-corrected chi connectivity index (χ3v) is 3.69. The number of benzene rings is 2. The molecule has 0 aliphatic carbocycles. The second-order valence-corrected chi connectivity index (χ2v) is 5.14. The molecule has 1 N–H and O–H groups in total. The van der Waals surface area contributed by atoms with Crippen molar-refractivity contribution < 1.29 is 4.39 Å². The van der Waals surface area contributed by atoms with Crippen LogP contribution < -0.4 is 5.32 Å². The zero-order valence-corrected chi connectivity index (χ0v) is 11.4. The number of hydrogen-bond acceptors (Lipinski definition) is 2. The summed E-state index contributed by atoms with van der Waals surface area (Å²) in [6, 6.07) is 14.8. The van der Waals surface area contributed by atoms with Crippen molar-refractivity contribution in [2.24, 2.45) is 0 Å². The minimum absolute atomic E-state index is 0.200. The summed E-state index contributed by atoms with van der Waals surface area (Å²) in [4.78, 5) is 1.18. The van der Waals surface area contributed by atoms with E-state index in [-0.39, 0.29) is 5.82 Å². The fourth-order valence-electron chi connectivity index (χ4n) is 1.73. The molecular formula is C16H16FNS. The molecule has 0 aromatic heterocycles. The molecule has 19 heavy (non-hydrogen) atoms. The van der Waals surface area contributed by atoms with Crippen molar-refractivity contribution in [3.8, 4) is 0 Å². The Balaban J connectivity index is 2.04. The van der Waals surface area contributed by atoms with Crippen molar-refractivity contribution in [1.82, 2.24) is 0 Å². The van der Waals surface area contributed by atoms with Crippen LogP contribution in [-0.2, 0) is 6.54 Å². The summed E-state index contributed by atoms with van der Waals surface area (Å²) in [5.74, 6) is 0.673. The molecule has 2 rings (SSSR count). The summed E-state index contributed by atoms with van der Waals surface area (Å²) >= 11 is 1.73. The van der Waals surface area contributed by atoms with E-state index in [4.69, 9.17) is 0 Å². The van der Waals surface area contributed by atoms with E-state index >= 15 is 0 Å². The molecule has 0 saturated carbocycles. The van der Waals surface area contributed by atoms with E-state index in [2.05, 4.69) is 18.0 Å². The molecule has 0 heterocycles. The van der Waals surface area contributed by atoms with Crippen molar-refractivity contribution >= 4 is 17.4 Å². The Hall–Kier alpha value is -1.74. The zero-order valence-electron chi connectivity index (χ0n) is 10.6. The smallest absolute Gasteiger partial charge is 0.123 e. The SMILES string of the molecule is C=CCSc1ccccc1NCc1cccc(F)c1. The third-order valence-electron chi connectivity index (χ3n) is 2.62. The van der Waals surface area contributed by atoms with Crippen molar-refractivity contribution in [3.63, 3.8) is 0 Å². The van der Waals surface area contributed by atoms with Crippen molar-refractivity contribution in [2.75, 3.05) is 11.1 Å². The Bertz CT molecular complexity index is 554. The van der Waals surface area contributed by atoms with Gasteiger partial charge in [-0.3, -0.25) is 0 Å². The lowest BCUT2D eigenvalue weighted by Gasteiger charge is -2.11. The molecule has 0 unspecified atom stereocenters. The first-order valence-electron chi connectivity index (χ1n) is 6.10.